The van der Waals surface area contributed by atoms with E-state index in [0.29, 0.717) is 50.0 Å². The van der Waals surface area contributed by atoms with E-state index in [4.69, 9.17) is 14.2 Å². The molecule has 7 atom stereocenters. The van der Waals surface area contributed by atoms with Gasteiger partial charge in [-0.05, 0) is 62.3 Å². The number of hydrogen-bond donors (Lipinski definition) is 1. The fourth-order valence-corrected chi connectivity index (χ4v) is 7.32. The first-order valence-electron chi connectivity index (χ1n) is 15.2. The molecule has 2 bridgehead atoms. The number of amides is 2. The van der Waals surface area contributed by atoms with Crippen LogP contribution in [0.15, 0.2) is 49.6 Å². The van der Waals surface area contributed by atoms with Crippen LogP contribution in [0.3, 0.4) is 0 Å². The monoisotopic (exact) mass is 582 g/mol. The van der Waals surface area contributed by atoms with E-state index in [0.717, 1.165) is 0 Å². The van der Waals surface area contributed by atoms with Crippen LogP contribution in [-0.2, 0) is 23.9 Å². The van der Waals surface area contributed by atoms with E-state index in [2.05, 4.69) is 13.2 Å². The Morgan fingerprint density at radius 1 is 1.21 bits per heavy atom. The zero-order valence-electron chi connectivity index (χ0n) is 25.4. The Hall–Kier alpha value is -3.17. The summed E-state index contributed by atoms with van der Waals surface area (Å²) in [5.74, 6) is -2.29. The summed E-state index contributed by atoms with van der Waals surface area (Å²) < 4.78 is 17.9. The number of fused-ring (bicyclic) bond motifs is 1. The van der Waals surface area contributed by atoms with Crippen molar-refractivity contribution in [2.45, 2.75) is 82.6 Å². The molecule has 0 saturated carbocycles. The van der Waals surface area contributed by atoms with Crippen molar-refractivity contribution in [1.29, 1.82) is 0 Å². The fourth-order valence-electron chi connectivity index (χ4n) is 7.32. The number of aliphatic hydroxyl groups is 1. The maximum absolute atomic E-state index is 14.8. The molecule has 2 unspecified atom stereocenters. The number of unbranched alkanes of at least 4 members (excludes halogenated alkanes) is 1. The van der Waals surface area contributed by atoms with Gasteiger partial charge < -0.3 is 29.1 Å². The molecule has 0 radical (unpaired) electrons. The summed E-state index contributed by atoms with van der Waals surface area (Å²) in [4.78, 5) is 46.2. The zero-order valence-corrected chi connectivity index (χ0v) is 25.4. The lowest BCUT2D eigenvalue weighted by Crippen LogP contribution is -2.60. The number of benzene rings is 1. The van der Waals surface area contributed by atoms with Crippen LogP contribution in [0.25, 0.3) is 0 Å². The third-order valence-corrected chi connectivity index (χ3v) is 9.71. The van der Waals surface area contributed by atoms with Crippen LogP contribution >= 0.6 is 0 Å². The molecule has 230 valence electrons. The Balaban J connectivity index is 1.82. The number of likely N-dealkylation sites (tertiary alicyclic amines) is 1. The minimum Gasteiger partial charge on any atom is -0.497 e. The minimum absolute atomic E-state index is 0.0973. The lowest BCUT2D eigenvalue weighted by molar-refractivity contribution is -0.162. The number of esters is 1. The third kappa shape index (κ3) is 5.15. The van der Waals surface area contributed by atoms with Gasteiger partial charge in [-0.15, -0.1) is 13.2 Å². The lowest BCUT2D eigenvalue weighted by atomic mass is 9.65. The van der Waals surface area contributed by atoms with Crippen LogP contribution in [-0.4, -0.2) is 77.9 Å². The molecule has 3 aliphatic rings. The molecule has 42 heavy (non-hydrogen) atoms. The van der Waals surface area contributed by atoms with E-state index in [9.17, 15) is 19.5 Å². The summed E-state index contributed by atoms with van der Waals surface area (Å²) >= 11 is 0. The van der Waals surface area contributed by atoms with E-state index < -0.39 is 41.1 Å². The van der Waals surface area contributed by atoms with Crippen LogP contribution in [0.2, 0.25) is 0 Å². The van der Waals surface area contributed by atoms with Crippen LogP contribution in [0.1, 0.15) is 59.3 Å². The van der Waals surface area contributed by atoms with Gasteiger partial charge in [0.2, 0.25) is 5.91 Å². The lowest BCUT2D eigenvalue weighted by Gasteiger charge is -2.41. The predicted molar refractivity (Wildman–Crippen MR) is 160 cm³/mol. The summed E-state index contributed by atoms with van der Waals surface area (Å²) in [7, 11) is 1.57. The van der Waals surface area contributed by atoms with Gasteiger partial charge in [-0.1, -0.05) is 39.3 Å². The summed E-state index contributed by atoms with van der Waals surface area (Å²) in [5.41, 5.74) is -1.50. The number of carbonyl (C=O) groups is 3. The second-order valence-electron chi connectivity index (χ2n) is 11.7. The van der Waals surface area contributed by atoms with Crippen molar-refractivity contribution in [2.24, 2.45) is 17.8 Å². The molecule has 3 heterocycles. The maximum atomic E-state index is 14.8. The molecule has 9 nitrogen and oxygen atoms in total. The molecular weight excluding hydrogens is 536 g/mol. The van der Waals surface area contributed by atoms with Gasteiger partial charge in [0.15, 0.2) is 0 Å². The van der Waals surface area contributed by atoms with Crippen LogP contribution < -0.4 is 9.64 Å². The molecule has 0 aromatic heterocycles. The molecule has 1 aromatic carbocycles. The number of allylic oxidation sites excluding steroid dienone is 1. The molecule has 1 N–H and O–H groups in total. The van der Waals surface area contributed by atoms with Crippen molar-refractivity contribution in [3.63, 3.8) is 0 Å². The summed E-state index contributed by atoms with van der Waals surface area (Å²) in [6, 6.07) is 5.47. The Labute approximate surface area is 249 Å². The van der Waals surface area contributed by atoms with E-state index in [1.54, 1.807) is 53.3 Å². The second kappa shape index (κ2) is 13.0. The molecule has 2 amide bonds. The Bertz CT molecular complexity index is 1170. The molecule has 1 spiro atoms. The van der Waals surface area contributed by atoms with Gasteiger partial charge >= 0.3 is 5.97 Å². The van der Waals surface area contributed by atoms with Gasteiger partial charge in [-0.2, -0.15) is 0 Å². The highest BCUT2D eigenvalue weighted by Crippen LogP contribution is 2.65. The number of hydrogen-bond acceptors (Lipinski definition) is 7. The van der Waals surface area contributed by atoms with E-state index >= 15 is 0 Å². The SMILES string of the molecule is C=CCCCOC(=O)[C@H]1[C@H]2C(=O)N([C@@H](CO)[C@@H](C)CC)C(C(=O)N(CC=C)c3ccc(OC)cc3)C23CC[C@]1(CC)O3. The predicted octanol–water partition coefficient (Wildman–Crippen LogP) is 4.29. The zero-order chi connectivity index (χ0) is 30.7. The number of ether oxygens (including phenoxy) is 3. The van der Waals surface area contributed by atoms with Crippen LogP contribution in [0, 0.1) is 17.8 Å². The normalized spacial score (nSPS) is 29.1. The number of carbonyl (C=O) groups excluding carboxylic acids is 3. The largest absolute Gasteiger partial charge is 0.497 e. The van der Waals surface area contributed by atoms with E-state index in [1.165, 1.54) is 0 Å². The van der Waals surface area contributed by atoms with Crippen LogP contribution in [0.4, 0.5) is 5.69 Å². The fraction of sp³-hybridized carbons (Fsp3) is 0.606. The number of anilines is 1. The number of rotatable bonds is 15. The van der Waals surface area contributed by atoms with E-state index in [1.807, 2.05) is 20.8 Å². The van der Waals surface area contributed by atoms with E-state index in [-0.39, 0.29) is 37.5 Å². The molecule has 4 rings (SSSR count). The van der Waals surface area contributed by atoms with Crippen molar-refractivity contribution in [3.8, 4) is 5.75 Å². The second-order valence-corrected chi connectivity index (χ2v) is 11.7. The number of aliphatic hydroxyl groups excluding tert-OH is 1. The van der Waals surface area contributed by atoms with Gasteiger partial charge in [0, 0.05) is 12.2 Å². The first-order chi connectivity index (χ1) is 20.2. The first-order valence-corrected chi connectivity index (χ1v) is 15.2. The highest BCUT2D eigenvalue weighted by atomic mass is 16.6. The van der Waals surface area contributed by atoms with Gasteiger partial charge in [0.1, 0.15) is 23.3 Å². The van der Waals surface area contributed by atoms with Gasteiger partial charge in [-0.3, -0.25) is 14.4 Å². The molecule has 9 heteroatoms. The Morgan fingerprint density at radius 2 is 1.93 bits per heavy atom. The summed E-state index contributed by atoms with van der Waals surface area (Å²) in [5, 5.41) is 10.6. The maximum Gasteiger partial charge on any atom is 0.312 e. The molecular formula is C33H46N2O7. The molecule has 3 aliphatic heterocycles. The highest BCUT2D eigenvalue weighted by molar-refractivity contribution is 6.05. The third-order valence-electron chi connectivity index (χ3n) is 9.71. The number of nitrogens with zero attached hydrogens (tertiary/aromatic N) is 2. The standard InChI is InChI=1S/C33H46N2O7/c1-7-11-12-20-41-31(39)27-26-29(37)35(25(21-36)22(5)9-3)28(33(26)18-17-32(27,10-4)42-33)30(38)34(19-8-2)23-13-15-24(40-6)16-14-23/h7-8,13-16,22,25-28,36H,1-2,9-12,17-21H2,3-6H3/t22-,25-,26-,27+,28?,32-,33?/m0/s1. The van der Waals surface area contributed by atoms with Gasteiger partial charge in [0.25, 0.3) is 5.91 Å². The average Bonchev–Trinajstić information content (AvgIpc) is 3.62. The average molecular weight is 583 g/mol. The van der Waals surface area contributed by atoms with Crippen LogP contribution in [0.5, 0.6) is 5.75 Å². The summed E-state index contributed by atoms with van der Waals surface area (Å²) in [6.07, 6.45) is 6.95. The van der Waals surface area contributed by atoms with Crippen molar-refractivity contribution >= 4 is 23.5 Å². The van der Waals surface area contributed by atoms with Crippen molar-refractivity contribution < 1.29 is 33.7 Å². The smallest absolute Gasteiger partial charge is 0.312 e. The summed E-state index contributed by atoms with van der Waals surface area (Å²) in [6.45, 7) is 13.6. The molecule has 1 aromatic rings. The first kappa shape index (κ1) is 31.8. The molecule has 3 saturated heterocycles. The van der Waals surface area contributed by atoms with Gasteiger partial charge in [-0.25, -0.2) is 0 Å². The highest BCUT2D eigenvalue weighted by Gasteiger charge is 2.79. The topological polar surface area (TPSA) is 106 Å². The Kier molecular flexibility index (Phi) is 9.83. The Morgan fingerprint density at radius 3 is 2.50 bits per heavy atom. The molecule has 0 aliphatic carbocycles. The minimum atomic E-state index is -1.22. The van der Waals surface area contributed by atoms with Crippen molar-refractivity contribution in [1.82, 2.24) is 4.90 Å². The van der Waals surface area contributed by atoms with Gasteiger partial charge in [0.05, 0.1) is 37.9 Å². The van der Waals surface area contributed by atoms with Crippen molar-refractivity contribution in [2.75, 3.05) is 31.8 Å². The quantitative estimate of drug-likeness (QED) is 0.187. The van der Waals surface area contributed by atoms with Crippen molar-refractivity contribution in [3.05, 3.63) is 49.6 Å². The number of methoxy groups -OCH3 is 1. The molecule has 3 fully saturated rings.